The predicted molar refractivity (Wildman–Crippen MR) is 84.7 cm³/mol. The van der Waals surface area contributed by atoms with Crippen molar-refractivity contribution in [2.75, 3.05) is 33.7 Å². The molecule has 0 aliphatic heterocycles. The van der Waals surface area contributed by atoms with Crippen LogP contribution < -0.4 is 5.32 Å². The Morgan fingerprint density at radius 3 is 2.21 bits per heavy atom. The molecule has 19 heavy (non-hydrogen) atoms. The quantitative estimate of drug-likeness (QED) is 0.730. The molecule has 0 heterocycles. The lowest BCUT2D eigenvalue weighted by molar-refractivity contribution is 0.131. The van der Waals surface area contributed by atoms with Gasteiger partial charge in [-0.15, -0.1) is 0 Å². The second kappa shape index (κ2) is 8.93. The van der Waals surface area contributed by atoms with Gasteiger partial charge in [-0.3, -0.25) is 4.90 Å². The third-order valence-corrected chi connectivity index (χ3v) is 4.43. The highest BCUT2D eigenvalue weighted by molar-refractivity contribution is 4.79. The van der Waals surface area contributed by atoms with Crippen LogP contribution in [0.5, 0.6) is 0 Å². The molecule has 1 aliphatic carbocycles. The summed E-state index contributed by atoms with van der Waals surface area (Å²) in [6.45, 7) is 10.4. The Morgan fingerprint density at radius 2 is 1.68 bits per heavy atom. The molecular formula is C16H35N3. The van der Waals surface area contributed by atoms with E-state index < -0.39 is 0 Å². The average Bonchev–Trinajstić information content (AvgIpc) is 2.37. The van der Waals surface area contributed by atoms with Crippen LogP contribution in [0.4, 0.5) is 0 Å². The highest BCUT2D eigenvalue weighted by Crippen LogP contribution is 2.17. The maximum atomic E-state index is 3.79. The first-order valence-electron chi connectivity index (χ1n) is 8.18. The topological polar surface area (TPSA) is 18.5 Å². The summed E-state index contributed by atoms with van der Waals surface area (Å²) in [5.74, 6) is 0. The molecule has 0 spiro atoms. The number of likely N-dealkylation sites (N-methyl/N-ethyl adjacent to an activating group) is 2. The van der Waals surface area contributed by atoms with Crippen LogP contribution >= 0.6 is 0 Å². The van der Waals surface area contributed by atoms with Gasteiger partial charge in [0.1, 0.15) is 0 Å². The lowest BCUT2D eigenvalue weighted by Crippen LogP contribution is -2.50. The zero-order chi connectivity index (χ0) is 14.3. The Hall–Kier alpha value is -0.120. The van der Waals surface area contributed by atoms with Crippen molar-refractivity contribution in [1.82, 2.24) is 15.1 Å². The van der Waals surface area contributed by atoms with Crippen molar-refractivity contribution in [2.45, 2.75) is 71.0 Å². The fourth-order valence-electron chi connectivity index (χ4n) is 3.45. The van der Waals surface area contributed by atoms with Crippen molar-refractivity contribution in [2.24, 2.45) is 0 Å². The van der Waals surface area contributed by atoms with E-state index in [-0.39, 0.29) is 0 Å². The lowest BCUT2D eigenvalue weighted by atomic mass is 9.95. The fraction of sp³-hybridized carbons (Fsp3) is 1.00. The van der Waals surface area contributed by atoms with Gasteiger partial charge in [0, 0.05) is 31.2 Å². The molecule has 114 valence electrons. The van der Waals surface area contributed by atoms with E-state index in [2.05, 4.69) is 50.0 Å². The molecule has 3 nitrogen and oxygen atoms in total. The maximum absolute atomic E-state index is 3.79. The summed E-state index contributed by atoms with van der Waals surface area (Å²) in [6, 6.07) is 2.03. The Labute approximate surface area is 120 Å². The van der Waals surface area contributed by atoms with Crippen LogP contribution in [0.15, 0.2) is 0 Å². The molecule has 0 aromatic heterocycles. The van der Waals surface area contributed by atoms with Crippen LogP contribution in [0, 0.1) is 0 Å². The van der Waals surface area contributed by atoms with Gasteiger partial charge in [0.05, 0.1) is 0 Å². The Balaban J connectivity index is 2.33. The highest BCUT2D eigenvalue weighted by Gasteiger charge is 2.20. The highest BCUT2D eigenvalue weighted by atomic mass is 15.2. The van der Waals surface area contributed by atoms with Crippen LogP contribution in [-0.2, 0) is 0 Å². The standard InChI is InChI=1S/C16H35N3/c1-6-19(15(3)13-18(4)5)14(2)12-17-16-10-8-7-9-11-16/h14-17H,6-13H2,1-5H3. The van der Waals surface area contributed by atoms with E-state index >= 15 is 0 Å². The smallest absolute Gasteiger partial charge is 0.0197 e. The van der Waals surface area contributed by atoms with Gasteiger partial charge in [0.15, 0.2) is 0 Å². The van der Waals surface area contributed by atoms with Gasteiger partial charge >= 0.3 is 0 Å². The normalized spacial score (nSPS) is 21.0. The second-order valence-electron chi connectivity index (χ2n) is 6.53. The third-order valence-electron chi connectivity index (χ3n) is 4.43. The second-order valence-corrected chi connectivity index (χ2v) is 6.53. The monoisotopic (exact) mass is 269 g/mol. The molecule has 0 bridgehead atoms. The number of nitrogens with one attached hydrogen (secondary N) is 1. The van der Waals surface area contributed by atoms with Crippen molar-refractivity contribution in [1.29, 1.82) is 0 Å². The Morgan fingerprint density at radius 1 is 1.05 bits per heavy atom. The SMILES string of the molecule is CCN(C(C)CNC1CCCCC1)C(C)CN(C)C. The van der Waals surface area contributed by atoms with Crippen molar-refractivity contribution in [3.63, 3.8) is 0 Å². The molecule has 2 atom stereocenters. The fourth-order valence-corrected chi connectivity index (χ4v) is 3.45. The molecule has 1 rings (SSSR count). The van der Waals surface area contributed by atoms with Gasteiger partial charge in [0.2, 0.25) is 0 Å². The molecule has 3 heteroatoms. The summed E-state index contributed by atoms with van der Waals surface area (Å²) in [4.78, 5) is 4.91. The molecule has 0 aromatic rings. The molecule has 2 unspecified atom stereocenters. The molecule has 0 aromatic carbocycles. The van der Waals surface area contributed by atoms with Crippen molar-refractivity contribution in [3.05, 3.63) is 0 Å². The van der Waals surface area contributed by atoms with Gasteiger partial charge in [-0.2, -0.15) is 0 Å². The maximum Gasteiger partial charge on any atom is 0.0197 e. The number of rotatable bonds is 8. The molecule has 1 N–H and O–H groups in total. The summed E-state index contributed by atoms with van der Waals surface area (Å²) in [5.41, 5.74) is 0. The summed E-state index contributed by atoms with van der Waals surface area (Å²) < 4.78 is 0. The van der Waals surface area contributed by atoms with E-state index in [9.17, 15) is 0 Å². The van der Waals surface area contributed by atoms with Crippen molar-refractivity contribution in [3.8, 4) is 0 Å². The summed E-state index contributed by atoms with van der Waals surface area (Å²) in [6.07, 6.45) is 7.04. The minimum atomic E-state index is 0.627. The largest absolute Gasteiger partial charge is 0.312 e. The number of nitrogens with zero attached hydrogens (tertiary/aromatic N) is 2. The minimum Gasteiger partial charge on any atom is -0.312 e. The molecule has 1 aliphatic rings. The van der Waals surface area contributed by atoms with Gasteiger partial charge in [0.25, 0.3) is 0 Å². The van der Waals surface area contributed by atoms with E-state index in [1.807, 2.05) is 0 Å². The van der Waals surface area contributed by atoms with Gasteiger partial charge in [-0.1, -0.05) is 26.2 Å². The molecule has 0 saturated heterocycles. The van der Waals surface area contributed by atoms with Gasteiger partial charge in [-0.05, 0) is 47.3 Å². The first-order chi connectivity index (χ1) is 9.04. The van der Waals surface area contributed by atoms with Gasteiger partial charge in [-0.25, -0.2) is 0 Å². The predicted octanol–water partition coefficient (Wildman–Crippen LogP) is 2.57. The average molecular weight is 269 g/mol. The molecule has 1 fully saturated rings. The van der Waals surface area contributed by atoms with Crippen LogP contribution in [0.2, 0.25) is 0 Å². The van der Waals surface area contributed by atoms with Crippen LogP contribution in [0.25, 0.3) is 0 Å². The zero-order valence-corrected chi connectivity index (χ0v) is 13.8. The third kappa shape index (κ3) is 6.24. The molecular weight excluding hydrogens is 234 g/mol. The summed E-state index contributed by atoms with van der Waals surface area (Å²) in [7, 11) is 4.32. The van der Waals surface area contributed by atoms with Gasteiger partial charge < -0.3 is 10.2 Å². The van der Waals surface area contributed by atoms with E-state index in [4.69, 9.17) is 0 Å². The van der Waals surface area contributed by atoms with Crippen LogP contribution in [-0.4, -0.2) is 61.7 Å². The van der Waals surface area contributed by atoms with Crippen molar-refractivity contribution >= 4 is 0 Å². The first-order valence-corrected chi connectivity index (χ1v) is 8.18. The minimum absolute atomic E-state index is 0.627. The zero-order valence-electron chi connectivity index (χ0n) is 13.8. The first kappa shape index (κ1) is 16.9. The van der Waals surface area contributed by atoms with E-state index in [0.29, 0.717) is 12.1 Å². The molecule has 0 radical (unpaired) electrons. The van der Waals surface area contributed by atoms with E-state index in [0.717, 1.165) is 25.7 Å². The lowest BCUT2D eigenvalue weighted by Gasteiger charge is -2.36. The summed E-state index contributed by atoms with van der Waals surface area (Å²) in [5, 5.41) is 3.79. The Bertz CT molecular complexity index is 224. The Kier molecular flexibility index (Phi) is 7.96. The van der Waals surface area contributed by atoms with Crippen molar-refractivity contribution < 1.29 is 0 Å². The van der Waals surface area contributed by atoms with E-state index in [1.165, 1.54) is 32.1 Å². The van der Waals surface area contributed by atoms with Crippen LogP contribution in [0.1, 0.15) is 52.9 Å². The molecule has 0 amide bonds. The summed E-state index contributed by atoms with van der Waals surface area (Å²) >= 11 is 0. The van der Waals surface area contributed by atoms with Crippen LogP contribution in [0.3, 0.4) is 0 Å². The number of hydrogen-bond donors (Lipinski definition) is 1. The van der Waals surface area contributed by atoms with E-state index in [1.54, 1.807) is 0 Å². The number of hydrogen-bond acceptors (Lipinski definition) is 3. The molecule has 1 saturated carbocycles.